The van der Waals surface area contributed by atoms with Crippen LogP contribution in [0.2, 0.25) is 0 Å². The van der Waals surface area contributed by atoms with Crippen molar-refractivity contribution in [2.24, 2.45) is 5.10 Å². The number of carboxylic acids is 1. The number of benzene rings is 3. The molecule has 1 atom stereocenters. The van der Waals surface area contributed by atoms with Crippen molar-refractivity contribution in [3.05, 3.63) is 101 Å². The number of aromatic carboxylic acids is 1. The number of carboxylic acid groups (broad SMARTS) is 1. The van der Waals surface area contributed by atoms with Gasteiger partial charge in [-0.2, -0.15) is 9.78 Å². The fourth-order valence-corrected chi connectivity index (χ4v) is 5.46. The third-order valence-corrected chi connectivity index (χ3v) is 7.46. The van der Waals surface area contributed by atoms with Crippen LogP contribution < -0.4 is 10.3 Å². The molecule has 0 amide bonds. The highest BCUT2D eigenvalue weighted by Gasteiger charge is 2.16. The van der Waals surface area contributed by atoms with Crippen LogP contribution in [0.15, 0.2) is 77.9 Å². The van der Waals surface area contributed by atoms with Crippen molar-refractivity contribution < 1.29 is 14.6 Å². The van der Waals surface area contributed by atoms with Gasteiger partial charge in [-0.3, -0.25) is 4.79 Å². The van der Waals surface area contributed by atoms with Crippen molar-refractivity contribution in [1.82, 2.24) is 9.66 Å². The molecule has 4 aromatic rings. The van der Waals surface area contributed by atoms with Crippen molar-refractivity contribution in [1.29, 1.82) is 0 Å². The molecule has 7 nitrogen and oxygen atoms in total. The maximum atomic E-state index is 13.3. The number of carbonyl (C=O) groups is 1. The lowest BCUT2D eigenvalue weighted by atomic mass is 10.1. The van der Waals surface area contributed by atoms with Crippen LogP contribution in [-0.2, 0) is 6.61 Å². The van der Waals surface area contributed by atoms with E-state index in [2.05, 4.69) is 52.9 Å². The van der Waals surface area contributed by atoms with E-state index in [1.165, 1.54) is 10.7 Å². The summed E-state index contributed by atoms with van der Waals surface area (Å²) in [4.78, 5) is 29.3. The second-order valence-corrected chi connectivity index (χ2v) is 11.0. The first kappa shape index (κ1) is 27.2. The molecule has 190 valence electrons. The summed E-state index contributed by atoms with van der Waals surface area (Å²) in [6.45, 7) is 4.25. The molecule has 0 aliphatic rings. The second-order valence-electron chi connectivity index (χ2n) is 8.41. The number of halogens is 3. The van der Waals surface area contributed by atoms with E-state index < -0.39 is 5.97 Å². The van der Waals surface area contributed by atoms with Crippen LogP contribution in [0.25, 0.3) is 10.9 Å². The molecular formula is C27H22Br3N3O4. The zero-order chi connectivity index (χ0) is 26.7. The normalized spacial score (nSPS) is 12.2. The zero-order valence-electron chi connectivity index (χ0n) is 19.9. The average Bonchev–Trinajstić information content (AvgIpc) is 2.87. The highest BCUT2D eigenvalue weighted by Crippen LogP contribution is 2.35. The van der Waals surface area contributed by atoms with Gasteiger partial charge in [-0.1, -0.05) is 41.9 Å². The molecule has 0 fully saturated rings. The molecule has 0 radical (unpaired) electrons. The van der Waals surface area contributed by atoms with Crippen LogP contribution in [0.1, 0.15) is 53.5 Å². The first-order chi connectivity index (χ1) is 17.7. The minimum Gasteiger partial charge on any atom is -0.487 e. The molecule has 3 aromatic carbocycles. The van der Waals surface area contributed by atoms with Gasteiger partial charge < -0.3 is 9.84 Å². The molecule has 1 aromatic heterocycles. The third-order valence-electron chi connectivity index (χ3n) is 5.79. The number of aromatic nitrogens is 2. The average molecular weight is 692 g/mol. The van der Waals surface area contributed by atoms with Crippen LogP contribution in [-0.4, -0.2) is 27.0 Å². The topological polar surface area (TPSA) is 93.8 Å². The van der Waals surface area contributed by atoms with Gasteiger partial charge in [0.25, 0.3) is 5.56 Å². The van der Waals surface area contributed by atoms with Gasteiger partial charge in [-0.05, 0) is 91.9 Å². The van der Waals surface area contributed by atoms with Crippen molar-refractivity contribution in [3.63, 3.8) is 0 Å². The molecule has 0 saturated heterocycles. The van der Waals surface area contributed by atoms with Gasteiger partial charge in [0.1, 0.15) is 18.2 Å². The molecule has 1 N–H and O–H groups in total. The Kier molecular flexibility index (Phi) is 8.61. The molecule has 0 saturated carbocycles. The largest absolute Gasteiger partial charge is 0.487 e. The Hall–Kier alpha value is -2.82. The van der Waals surface area contributed by atoms with Crippen molar-refractivity contribution in [3.8, 4) is 5.75 Å². The number of nitrogens with zero attached hydrogens (tertiary/aromatic N) is 3. The summed E-state index contributed by atoms with van der Waals surface area (Å²) in [5, 5.41) is 14.2. The van der Waals surface area contributed by atoms with Crippen LogP contribution in [0.3, 0.4) is 0 Å². The van der Waals surface area contributed by atoms with Gasteiger partial charge in [0.15, 0.2) is 0 Å². The van der Waals surface area contributed by atoms with E-state index in [0.717, 1.165) is 22.0 Å². The summed E-state index contributed by atoms with van der Waals surface area (Å²) in [5.41, 5.74) is 2.07. The number of fused-ring (bicyclic) bond motifs is 1. The lowest BCUT2D eigenvalue weighted by Gasteiger charge is -2.14. The standard InChI is InChI=1S/C27H22Br3N3O4/c1-3-15(2)25-32-23-8-7-19(28)12-20(23)26(34)33(25)31-13-17-10-21(29)24(22(30)11-17)37-14-16-5-4-6-18(9-16)27(35)36/h4-13,15H,3,14H2,1-2H3,(H,35,36)/t15-/m0/s1. The SMILES string of the molecule is CC[C@H](C)c1nc2ccc(Br)cc2c(=O)n1N=Cc1cc(Br)c(OCc2cccc(C(=O)O)c2)c(Br)c1. The molecule has 0 aliphatic carbocycles. The van der Waals surface area contributed by atoms with E-state index >= 15 is 0 Å². The van der Waals surface area contributed by atoms with Crippen LogP contribution >= 0.6 is 47.8 Å². The summed E-state index contributed by atoms with van der Waals surface area (Å²) in [7, 11) is 0. The predicted molar refractivity (Wildman–Crippen MR) is 155 cm³/mol. The molecule has 10 heteroatoms. The zero-order valence-corrected chi connectivity index (χ0v) is 24.7. The van der Waals surface area contributed by atoms with Crippen LogP contribution in [0, 0.1) is 0 Å². The van der Waals surface area contributed by atoms with Gasteiger partial charge in [0, 0.05) is 10.4 Å². The Morgan fingerprint density at radius 1 is 1.14 bits per heavy atom. The number of hydrogen-bond acceptors (Lipinski definition) is 5. The Morgan fingerprint density at radius 3 is 2.54 bits per heavy atom. The highest BCUT2D eigenvalue weighted by atomic mass is 79.9. The first-order valence-corrected chi connectivity index (χ1v) is 13.8. The Morgan fingerprint density at radius 2 is 1.86 bits per heavy atom. The minimum absolute atomic E-state index is 0.0341. The summed E-state index contributed by atoms with van der Waals surface area (Å²) >= 11 is 10.5. The lowest BCUT2D eigenvalue weighted by Crippen LogP contribution is -2.23. The first-order valence-electron chi connectivity index (χ1n) is 11.4. The molecule has 4 rings (SSSR count). The Bertz CT molecular complexity index is 1560. The number of hydrogen-bond donors (Lipinski definition) is 1. The van der Waals surface area contributed by atoms with Crippen molar-refractivity contribution >= 4 is 70.9 Å². The summed E-state index contributed by atoms with van der Waals surface area (Å²) in [6, 6.07) is 15.7. The number of ether oxygens (including phenoxy) is 1. The minimum atomic E-state index is -0.988. The maximum Gasteiger partial charge on any atom is 0.335 e. The van der Waals surface area contributed by atoms with Gasteiger partial charge in [-0.15, -0.1) is 0 Å². The Labute approximate surface area is 238 Å². The van der Waals surface area contributed by atoms with E-state index in [4.69, 9.17) is 9.72 Å². The van der Waals surface area contributed by atoms with Gasteiger partial charge in [0.2, 0.25) is 0 Å². The fraction of sp³-hybridized carbons (Fsp3) is 0.185. The van der Waals surface area contributed by atoms with E-state index in [0.29, 0.717) is 31.4 Å². The molecule has 0 aliphatic heterocycles. The Balaban J connectivity index is 1.64. The highest BCUT2D eigenvalue weighted by molar-refractivity contribution is 9.11. The second kappa shape index (κ2) is 11.7. The smallest absolute Gasteiger partial charge is 0.335 e. The molecule has 0 spiro atoms. The quantitative estimate of drug-likeness (QED) is 0.195. The predicted octanol–water partition coefficient (Wildman–Crippen LogP) is 7.36. The van der Waals surface area contributed by atoms with Gasteiger partial charge >= 0.3 is 5.97 Å². The van der Waals surface area contributed by atoms with E-state index in [1.807, 2.05) is 38.1 Å². The molecule has 1 heterocycles. The summed E-state index contributed by atoms with van der Waals surface area (Å²) < 4.78 is 9.46. The van der Waals surface area contributed by atoms with Crippen LogP contribution in [0.4, 0.5) is 0 Å². The van der Waals surface area contributed by atoms with Crippen LogP contribution in [0.5, 0.6) is 5.75 Å². The maximum absolute atomic E-state index is 13.3. The van der Waals surface area contributed by atoms with E-state index in [9.17, 15) is 14.7 Å². The van der Waals surface area contributed by atoms with Crippen molar-refractivity contribution in [2.75, 3.05) is 0 Å². The molecule has 0 unspecified atom stereocenters. The van der Waals surface area contributed by atoms with E-state index in [-0.39, 0.29) is 23.6 Å². The number of rotatable bonds is 8. The summed E-state index contributed by atoms with van der Waals surface area (Å²) in [6.07, 6.45) is 2.41. The molecular weight excluding hydrogens is 670 g/mol. The third kappa shape index (κ3) is 6.19. The van der Waals surface area contributed by atoms with Gasteiger partial charge in [-0.25, -0.2) is 9.78 Å². The lowest BCUT2D eigenvalue weighted by molar-refractivity contribution is 0.0696. The van der Waals surface area contributed by atoms with E-state index in [1.54, 1.807) is 30.5 Å². The fourth-order valence-electron chi connectivity index (χ4n) is 3.65. The van der Waals surface area contributed by atoms with Gasteiger partial charge in [0.05, 0.1) is 31.6 Å². The monoisotopic (exact) mass is 689 g/mol. The molecule has 37 heavy (non-hydrogen) atoms. The van der Waals surface area contributed by atoms with Crippen molar-refractivity contribution in [2.45, 2.75) is 32.8 Å². The molecule has 0 bridgehead atoms. The summed E-state index contributed by atoms with van der Waals surface area (Å²) in [5.74, 6) is 0.206.